The molecule has 0 fully saturated rings. The lowest BCUT2D eigenvalue weighted by Gasteiger charge is -2.10. The van der Waals surface area contributed by atoms with Crippen LogP contribution in [0.15, 0.2) is 75.0 Å². The molecule has 0 spiro atoms. The average Bonchev–Trinajstić information content (AvgIpc) is 2.61. The summed E-state index contributed by atoms with van der Waals surface area (Å²) in [5.74, 6) is 0.951. The van der Waals surface area contributed by atoms with E-state index >= 15 is 0 Å². The Labute approximate surface area is 159 Å². The lowest BCUT2D eigenvalue weighted by molar-refractivity contribution is 0.305. The monoisotopic (exact) mass is 411 g/mol. The number of nitrogens with zero attached hydrogens (tertiary/aromatic N) is 2. The van der Waals surface area contributed by atoms with Crippen molar-refractivity contribution in [2.75, 3.05) is 5.73 Å². The van der Waals surface area contributed by atoms with Gasteiger partial charge in [0.25, 0.3) is 5.56 Å². The summed E-state index contributed by atoms with van der Waals surface area (Å²) in [5, 5.41) is 4.23. The van der Waals surface area contributed by atoms with Crippen LogP contribution < -0.4 is 16.0 Å². The average molecular weight is 412 g/mol. The first kappa shape index (κ1) is 17.9. The third kappa shape index (κ3) is 4.40. The third-order valence-electron chi connectivity index (χ3n) is 3.70. The molecule has 0 aliphatic heterocycles. The number of rotatable bonds is 5. The summed E-state index contributed by atoms with van der Waals surface area (Å²) >= 11 is 3.45. The second kappa shape index (κ2) is 8.01. The maximum Gasteiger partial charge on any atom is 0.273 e. The molecule has 3 rings (SSSR count). The number of pyridine rings is 1. The molecule has 0 saturated carbocycles. The van der Waals surface area contributed by atoms with Crippen molar-refractivity contribution in [2.24, 2.45) is 5.10 Å². The smallest absolute Gasteiger partial charge is 0.273 e. The minimum absolute atomic E-state index is 0.277. The van der Waals surface area contributed by atoms with Crippen molar-refractivity contribution >= 4 is 28.0 Å². The maximum atomic E-state index is 12.1. The highest BCUT2D eigenvalue weighted by molar-refractivity contribution is 9.10. The summed E-state index contributed by atoms with van der Waals surface area (Å²) in [6, 6.07) is 18.7. The van der Waals surface area contributed by atoms with Crippen LogP contribution >= 0.6 is 15.9 Å². The topological polar surface area (TPSA) is 69.6 Å². The largest absolute Gasteiger partial charge is 0.488 e. The van der Waals surface area contributed by atoms with Crippen molar-refractivity contribution in [3.05, 3.63) is 92.2 Å². The first-order valence-electron chi connectivity index (χ1n) is 8.03. The van der Waals surface area contributed by atoms with Gasteiger partial charge in [0.15, 0.2) is 0 Å². The normalized spacial score (nSPS) is 11.0. The zero-order chi connectivity index (χ0) is 18.5. The quantitative estimate of drug-likeness (QED) is 0.645. The van der Waals surface area contributed by atoms with Crippen molar-refractivity contribution in [1.82, 2.24) is 4.68 Å². The van der Waals surface area contributed by atoms with E-state index in [-0.39, 0.29) is 11.4 Å². The standard InChI is InChI=1S/C20H18BrN3O2/c1-14-9-19(22)24(20(25)10-14)23-12-16-11-17(21)7-8-18(16)26-13-15-5-3-2-4-6-15/h2-12H,13,22H2,1H3/b23-12-. The molecule has 0 saturated heterocycles. The number of aryl methyl sites for hydroxylation is 1. The van der Waals surface area contributed by atoms with Gasteiger partial charge in [0.05, 0.1) is 6.21 Å². The van der Waals surface area contributed by atoms with Crippen molar-refractivity contribution in [3.63, 3.8) is 0 Å². The Kier molecular flexibility index (Phi) is 5.53. The number of nitrogen functional groups attached to an aromatic ring is 1. The molecule has 0 bridgehead atoms. The van der Waals surface area contributed by atoms with Crippen molar-refractivity contribution in [1.29, 1.82) is 0 Å². The number of aromatic nitrogens is 1. The number of hydrogen-bond donors (Lipinski definition) is 1. The van der Waals surface area contributed by atoms with Gasteiger partial charge < -0.3 is 10.5 Å². The zero-order valence-electron chi connectivity index (χ0n) is 14.2. The number of anilines is 1. The Morgan fingerprint density at radius 3 is 2.65 bits per heavy atom. The Balaban J connectivity index is 1.88. The molecule has 2 aromatic carbocycles. The van der Waals surface area contributed by atoms with Crippen LogP contribution in [-0.2, 0) is 6.61 Å². The Hall–Kier alpha value is -2.86. The molecule has 132 valence electrons. The predicted molar refractivity (Wildman–Crippen MR) is 108 cm³/mol. The SMILES string of the molecule is Cc1cc(N)n(/N=C\c2cc(Br)ccc2OCc2ccccc2)c(=O)c1. The molecule has 5 nitrogen and oxygen atoms in total. The molecule has 2 N–H and O–H groups in total. The van der Waals surface area contributed by atoms with Gasteiger partial charge in [-0.2, -0.15) is 9.78 Å². The number of nitrogens with two attached hydrogens (primary N) is 1. The predicted octanol–water partition coefficient (Wildman–Crippen LogP) is 3.96. The van der Waals surface area contributed by atoms with Gasteiger partial charge >= 0.3 is 0 Å². The summed E-state index contributed by atoms with van der Waals surface area (Å²) in [6.45, 7) is 2.26. The van der Waals surface area contributed by atoms with Gasteiger partial charge in [0.2, 0.25) is 0 Å². The summed E-state index contributed by atoms with van der Waals surface area (Å²) in [7, 11) is 0. The highest BCUT2D eigenvalue weighted by Gasteiger charge is 2.05. The molecule has 0 radical (unpaired) electrons. The molecular formula is C20H18BrN3O2. The summed E-state index contributed by atoms with van der Waals surface area (Å²) < 4.78 is 7.96. The Bertz CT molecular complexity index is 998. The third-order valence-corrected chi connectivity index (χ3v) is 4.19. The van der Waals surface area contributed by atoms with E-state index in [1.807, 2.05) is 55.5 Å². The minimum atomic E-state index is -0.277. The molecule has 26 heavy (non-hydrogen) atoms. The van der Waals surface area contributed by atoms with Gasteiger partial charge in [-0.15, -0.1) is 0 Å². The van der Waals surface area contributed by atoms with Crippen LogP contribution in [0.1, 0.15) is 16.7 Å². The highest BCUT2D eigenvalue weighted by Crippen LogP contribution is 2.23. The van der Waals surface area contributed by atoms with E-state index in [0.717, 1.165) is 25.8 Å². The fourth-order valence-electron chi connectivity index (χ4n) is 2.45. The van der Waals surface area contributed by atoms with Crippen LogP contribution in [-0.4, -0.2) is 10.9 Å². The van der Waals surface area contributed by atoms with Crippen LogP contribution in [0, 0.1) is 6.92 Å². The van der Waals surface area contributed by atoms with Crippen molar-refractivity contribution in [3.8, 4) is 5.75 Å². The van der Waals surface area contributed by atoms with Gasteiger partial charge in [0, 0.05) is 16.1 Å². The second-order valence-corrected chi connectivity index (χ2v) is 6.72. The number of benzene rings is 2. The van der Waals surface area contributed by atoms with Crippen LogP contribution in [0.3, 0.4) is 0 Å². The van der Waals surface area contributed by atoms with Crippen molar-refractivity contribution in [2.45, 2.75) is 13.5 Å². The van der Waals surface area contributed by atoms with E-state index in [9.17, 15) is 4.79 Å². The maximum absolute atomic E-state index is 12.1. The summed E-state index contributed by atoms with van der Waals surface area (Å²) in [5.41, 5.74) is 8.22. The second-order valence-electron chi connectivity index (χ2n) is 5.81. The van der Waals surface area contributed by atoms with E-state index in [1.165, 1.54) is 6.07 Å². The van der Waals surface area contributed by atoms with E-state index in [0.29, 0.717) is 12.4 Å². The number of hydrogen-bond acceptors (Lipinski definition) is 4. The first-order valence-corrected chi connectivity index (χ1v) is 8.82. The fourth-order valence-corrected chi connectivity index (χ4v) is 2.83. The first-order chi connectivity index (χ1) is 12.5. The number of halogens is 1. The highest BCUT2D eigenvalue weighted by atomic mass is 79.9. The lowest BCUT2D eigenvalue weighted by atomic mass is 10.2. The summed E-state index contributed by atoms with van der Waals surface area (Å²) in [4.78, 5) is 12.1. The molecule has 0 atom stereocenters. The van der Waals surface area contributed by atoms with Gasteiger partial charge in [-0.25, -0.2) is 0 Å². The summed E-state index contributed by atoms with van der Waals surface area (Å²) in [6.07, 6.45) is 1.57. The van der Waals surface area contributed by atoms with E-state index in [1.54, 1.807) is 12.3 Å². The molecular weight excluding hydrogens is 394 g/mol. The van der Waals surface area contributed by atoms with Gasteiger partial charge in [-0.1, -0.05) is 46.3 Å². The van der Waals surface area contributed by atoms with Gasteiger partial charge in [-0.05, 0) is 42.3 Å². The van der Waals surface area contributed by atoms with Crippen LogP contribution in [0.5, 0.6) is 5.75 Å². The lowest BCUT2D eigenvalue weighted by Crippen LogP contribution is -2.19. The van der Waals surface area contributed by atoms with E-state index in [2.05, 4.69) is 21.0 Å². The molecule has 6 heteroatoms. The van der Waals surface area contributed by atoms with E-state index in [4.69, 9.17) is 10.5 Å². The van der Waals surface area contributed by atoms with Crippen LogP contribution in [0.2, 0.25) is 0 Å². The Morgan fingerprint density at radius 2 is 1.92 bits per heavy atom. The Morgan fingerprint density at radius 1 is 1.15 bits per heavy atom. The molecule has 1 heterocycles. The molecule has 1 aromatic heterocycles. The van der Waals surface area contributed by atoms with Crippen LogP contribution in [0.4, 0.5) is 5.82 Å². The van der Waals surface area contributed by atoms with E-state index < -0.39 is 0 Å². The number of ether oxygens (including phenoxy) is 1. The van der Waals surface area contributed by atoms with Gasteiger partial charge in [0.1, 0.15) is 18.2 Å². The molecule has 0 aliphatic carbocycles. The van der Waals surface area contributed by atoms with Gasteiger partial charge in [-0.3, -0.25) is 4.79 Å². The molecule has 0 amide bonds. The molecule has 3 aromatic rings. The van der Waals surface area contributed by atoms with Crippen molar-refractivity contribution < 1.29 is 4.74 Å². The minimum Gasteiger partial charge on any atom is -0.488 e. The molecule has 0 unspecified atom stereocenters. The zero-order valence-corrected chi connectivity index (χ0v) is 15.8. The van der Waals surface area contributed by atoms with Crippen LogP contribution in [0.25, 0.3) is 0 Å². The molecule has 0 aliphatic rings. The fraction of sp³-hybridized carbons (Fsp3) is 0.100.